The quantitative estimate of drug-likeness (QED) is 0.328. The molecule has 25 heavy (non-hydrogen) atoms. The highest BCUT2D eigenvalue weighted by molar-refractivity contribution is 7.71. The van der Waals surface area contributed by atoms with Crippen molar-refractivity contribution in [2.24, 2.45) is 5.10 Å². The molecular formula is C16H12N6O2S. The van der Waals surface area contributed by atoms with Crippen molar-refractivity contribution < 1.29 is 4.92 Å². The number of nitrogens with one attached hydrogen (secondary N) is 1. The van der Waals surface area contributed by atoms with Crippen LogP contribution in [-0.4, -0.2) is 31.0 Å². The monoisotopic (exact) mass is 352 g/mol. The fourth-order valence-electron chi connectivity index (χ4n) is 2.11. The second kappa shape index (κ2) is 7.41. The van der Waals surface area contributed by atoms with Crippen LogP contribution in [0, 0.1) is 14.9 Å². The molecule has 0 fully saturated rings. The summed E-state index contributed by atoms with van der Waals surface area (Å²) in [6.07, 6.45) is 6.33. The first-order valence-corrected chi connectivity index (χ1v) is 7.61. The molecule has 0 spiro atoms. The average molecular weight is 352 g/mol. The van der Waals surface area contributed by atoms with Crippen molar-refractivity contribution in [2.75, 3.05) is 0 Å². The molecule has 3 aromatic rings. The number of H-pyrrole nitrogens is 1. The standard InChI is InChI=1S/C16H12N6O2S/c23-22(24)14-9-2-1-6-12(14)7-5-11-18-21-15(19-20-16(21)25)13-8-3-4-10-17-13/h1-11H,(H,20,25). The highest BCUT2D eigenvalue weighted by Gasteiger charge is 2.09. The Balaban J connectivity index is 1.86. The molecule has 0 aliphatic heterocycles. The number of rotatable bonds is 5. The molecule has 2 heterocycles. The number of para-hydroxylation sites is 1. The smallest absolute Gasteiger partial charge is 0.258 e. The highest BCUT2D eigenvalue weighted by atomic mass is 32.1. The maximum atomic E-state index is 11.0. The van der Waals surface area contributed by atoms with Gasteiger partial charge in [0.05, 0.1) is 10.5 Å². The van der Waals surface area contributed by atoms with Crippen molar-refractivity contribution in [3.63, 3.8) is 0 Å². The van der Waals surface area contributed by atoms with E-state index in [-0.39, 0.29) is 5.69 Å². The first kappa shape index (κ1) is 16.4. The Hall–Kier alpha value is -3.46. The lowest BCUT2D eigenvalue weighted by molar-refractivity contribution is -0.385. The van der Waals surface area contributed by atoms with Gasteiger partial charge in [0.15, 0.2) is 0 Å². The van der Waals surface area contributed by atoms with Crippen LogP contribution in [0.15, 0.2) is 59.8 Å². The number of nitro groups is 1. The van der Waals surface area contributed by atoms with Crippen LogP contribution < -0.4 is 0 Å². The summed E-state index contributed by atoms with van der Waals surface area (Å²) in [4.78, 5) is 14.8. The van der Waals surface area contributed by atoms with Crippen LogP contribution >= 0.6 is 12.2 Å². The van der Waals surface area contributed by atoms with Gasteiger partial charge in [-0.05, 0) is 42.6 Å². The number of nitrogens with zero attached hydrogens (tertiary/aromatic N) is 5. The highest BCUT2D eigenvalue weighted by Crippen LogP contribution is 2.18. The van der Waals surface area contributed by atoms with Gasteiger partial charge in [-0.1, -0.05) is 18.2 Å². The van der Waals surface area contributed by atoms with Crippen LogP contribution in [0.3, 0.4) is 0 Å². The molecule has 0 amide bonds. The van der Waals surface area contributed by atoms with E-state index in [0.717, 1.165) is 0 Å². The number of aromatic nitrogens is 4. The zero-order valence-corrected chi connectivity index (χ0v) is 13.6. The molecule has 0 saturated heterocycles. The Kier molecular flexibility index (Phi) is 4.86. The van der Waals surface area contributed by atoms with E-state index in [9.17, 15) is 10.1 Å². The molecule has 0 saturated carbocycles. The molecule has 1 N–H and O–H groups in total. The van der Waals surface area contributed by atoms with Crippen LogP contribution in [0.4, 0.5) is 5.69 Å². The third-order valence-electron chi connectivity index (χ3n) is 3.22. The molecule has 0 unspecified atom stereocenters. The summed E-state index contributed by atoms with van der Waals surface area (Å²) in [6.45, 7) is 0. The van der Waals surface area contributed by atoms with Crippen molar-refractivity contribution in [3.8, 4) is 11.5 Å². The summed E-state index contributed by atoms with van der Waals surface area (Å²) in [6, 6.07) is 11.9. The minimum Gasteiger partial charge on any atom is -0.258 e. The van der Waals surface area contributed by atoms with Crippen molar-refractivity contribution in [2.45, 2.75) is 0 Å². The van der Waals surface area contributed by atoms with Crippen molar-refractivity contribution in [1.82, 2.24) is 19.9 Å². The molecule has 0 aliphatic carbocycles. The molecular weight excluding hydrogens is 340 g/mol. The van der Waals surface area contributed by atoms with Crippen molar-refractivity contribution >= 4 is 30.2 Å². The predicted molar refractivity (Wildman–Crippen MR) is 96.7 cm³/mol. The largest absolute Gasteiger partial charge is 0.276 e. The van der Waals surface area contributed by atoms with E-state index >= 15 is 0 Å². The molecule has 8 nitrogen and oxygen atoms in total. The topological polar surface area (TPSA) is 102 Å². The predicted octanol–water partition coefficient (Wildman–Crippen LogP) is 3.46. The number of aromatic amines is 1. The van der Waals surface area contributed by atoms with Crippen LogP contribution in [0.1, 0.15) is 5.56 Å². The number of benzene rings is 1. The van der Waals surface area contributed by atoms with Gasteiger partial charge in [0.1, 0.15) is 5.69 Å². The second-order valence-electron chi connectivity index (χ2n) is 4.82. The molecule has 124 valence electrons. The van der Waals surface area contributed by atoms with Crippen LogP contribution in [-0.2, 0) is 0 Å². The third-order valence-corrected chi connectivity index (χ3v) is 3.49. The maximum absolute atomic E-state index is 11.0. The Morgan fingerprint density at radius 1 is 1.24 bits per heavy atom. The lowest BCUT2D eigenvalue weighted by atomic mass is 10.2. The van der Waals surface area contributed by atoms with E-state index in [2.05, 4.69) is 20.3 Å². The number of allylic oxidation sites excluding steroid dienone is 1. The van der Waals surface area contributed by atoms with Crippen molar-refractivity contribution in [3.05, 3.63) is 75.2 Å². The summed E-state index contributed by atoms with van der Waals surface area (Å²) in [5.41, 5.74) is 1.13. The molecule has 0 radical (unpaired) electrons. The molecule has 0 aliphatic rings. The lowest BCUT2D eigenvalue weighted by Gasteiger charge is -1.98. The van der Waals surface area contributed by atoms with Gasteiger partial charge >= 0.3 is 0 Å². The van der Waals surface area contributed by atoms with Crippen LogP contribution in [0.5, 0.6) is 0 Å². The summed E-state index contributed by atoms with van der Waals surface area (Å²) in [5.74, 6) is 0.473. The minimum absolute atomic E-state index is 0.0289. The molecule has 0 atom stereocenters. The first-order chi connectivity index (χ1) is 12.2. The average Bonchev–Trinajstić information content (AvgIpc) is 3.00. The lowest BCUT2D eigenvalue weighted by Crippen LogP contribution is -1.95. The Morgan fingerprint density at radius 3 is 2.80 bits per heavy atom. The van der Waals surface area contributed by atoms with Gasteiger partial charge in [0.2, 0.25) is 10.6 Å². The van der Waals surface area contributed by atoms with Gasteiger partial charge in [0, 0.05) is 18.5 Å². The maximum Gasteiger partial charge on any atom is 0.276 e. The Bertz CT molecular complexity index is 1010. The second-order valence-corrected chi connectivity index (χ2v) is 5.21. The van der Waals surface area contributed by atoms with Gasteiger partial charge in [0.25, 0.3) is 5.69 Å². The zero-order valence-electron chi connectivity index (χ0n) is 12.8. The SMILES string of the molecule is O=[N+]([O-])c1ccccc1C=CC=Nn1c(-c2ccccn2)n[nH]c1=S. The van der Waals surface area contributed by atoms with Crippen LogP contribution in [0.25, 0.3) is 17.6 Å². The van der Waals surface area contributed by atoms with Gasteiger partial charge in [-0.25, -0.2) is 5.10 Å². The number of nitro benzene ring substituents is 1. The van der Waals surface area contributed by atoms with Gasteiger partial charge in [-0.3, -0.25) is 15.1 Å². The molecule has 9 heteroatoms. The van der Waals surface area contributed by atoms with E-state index in [1.807, 2.05) is 6.07 Å². The first-order valence-electron chi connectivity index (χ1n) is 7.20. The number of hydrogen-bond donors (Lipinski definition) is 1. The van der Waals surface area contributed by atoms with E-state index < -0.39 is 4.92 Å². The Labute approximate surface area is 147 Å². The van der Waals surface area contributed by atoms with Crippen molar-refractivity contribution in [1.29, 1.82) is 0 Å². The Morgan fingerprint density at radius 2 is 2.04 bits per heavy atom. The summed E-state index contributed by atoms with van der Waals surface area (Å²) in [7, 11) is 0. The third kappa shape index (κ3) is 3.72. The van der Waals surface area contributed by atoms with E-state index in [1.165, 1.54) is 17.0 Å². The van der Waals surface area contributed by atoms with Crippen LogP contribution in [0.2, 0.25) is 0 Å². The summed E-state index contributed by atoms with van der Waals surface area (Å²) >= 11 is 5.16. The zero-order chi connectivity index (χ0) is 17.6. The van der Waals surface area contributed by atoms with E-state index in [1.54, 1.807) is 48.7 Å². The van der Waals surface area contributed by atoms with Gasteiger partial charge in [-0.15, -0.1) is 0 Å². The normalized spacial score (nSPS) is 11.4. The van der Waals surface area contributed by atoms with E-state index in [0.29, 0.717) is 21.9 Å². The molecule has 0 bridgehead atoms. The molecule has 2 aromatic heterocycles. The van der Waals surface area contributed by atoms with E-state index in [4.69, 9.17) is 12.2 Å². The fraction of sp³-hybridized carbons (Fsp3) is 0. The summed E-state index contributed by atoms with van der Waals surface area (Å²) in [5, 5.41) is 22.0. The minimum atomic E-state index is -0.428. The number of hydrogen-bond acceptors (Lipinski definition) is 6. The van der Waals surface area contributed by atoms with Gasteiger partial charge < -0.3 is 0 Å². The summed E-state index contributed by atoms with van der Waals surface area (Å²) < 4.78 is 1.75. The molecule has 1 aromatic carbocycles. The number of pyridine rings is 1. The van der Waals surface area contributed by atoms with Gasteiger partial charge in [-0.2, -0.15) is 14.9 Å². The molecule has 3 rings (SSSR count). The fourth-order valence-corrected chi connectivity index (χ4v) is 2.29.